The van der Waals surface area contributed by atoms with Crippen molar-refractivity contribution in [3.8, 4) is 0 Å². The van der Waals surface area contributed by atoms with Crippen molar-refractivity contribution >= 4 is 23.6 Å². The number of carbonyl (C=O) groups excluding carboxylic acids is 3. The van der Waals surface area contributed by atoms with Gasteiger partial charge in [0, 0.05) is 32.5 Å². The molecule has 0 saturated heterocycles. The Morgan fingerprint density at radius 2 is 1.03 bits per heavy atom. The predicted molar refractivity (Wildman–Crippen MR) is 119 cm³/mol. The average molecular weight is 417 g/mol. The lowest BCUT2D eigenvalue weighted by atomic mass is 10.2. The molecular weight excluding hydrogens is 384 g/mol. The highest BCUT2D eigenvalue weighted by Gasteiger charge is 1.96. The summed E-state index contributed by atoms with van der Waals surface area (Å²) < 4.78 is 0. The number of hydrogen-bond donors (Lipinski definition) is 3. The third-order valence-corrected chi connectivity index (χ3v) is 3.40. The van der Waals surface area contributed by atoms with E-state index in [1.807, 2.05) is 44.2 Å². The maximum atomic E-state index is 10.6. The van der Waals surface area contributed by atoms with Crippen LogP contribution in [0.25, 0.3) is 0 Å². The summed E-state index contributed by atoms with van der Waals surface area (Å²) in [4.78, 5) is 41.0. The minimum Gasteiger partial charge on any atom is -0.478 e. The van der Waals surface area contributed by atoms with Gasteiger partial charge in [-0.25, -0.2) is 4.79 Å². The quantitative estimate of drug-likeness (QED) is 0.660. The smallest absolute Gasteiger partial charge is 0.335 e. The molecule has 2 aromatic carbocycles. The van der Waals surface area contributed by atoms with Gasteiger partial charge in [-0.15, -0.1) is 0 Å². The van der Waals surface area contributed by atoms with E-state index in [2.05, 4.69) is 10.6 Å². The highest BCUT2D eigenvalue weighted by atomic mass is 16.4. The number of Topliss-reactive ketones (excluding diaryl/α,β-unsaturated/α-hetero) is 1. The third-order valence-electron chi connectivity index (χ3n) is 3.40. The van der Waals surface area contributed by atoms with E-state index in [1.165, 1.54) is 0 Å². The number of rotatable bonds is 4. The summed E-state index contributed by atoms with van der Waals surface area (Å²) in [7, 11) is 3.26. The van der Waals surface area contributed by atoms with E-state index in [-0.39, 0.29) is 17.6 Å². The largest absolute Gasteiger partial charge is 0.478 e. The van der Waals surface area contributed by atoms with Crippen LogP contribution in [-0.2, 0) is 9.59 Å². The molecule has 2 aromatic rings. The fourth-order valence-electron chi connectivity index (χ4n) is 1.61. The van der Waals surface area contributed by atoms with Gasteiger partial charge in [0.2, 0.25) is 11.8 Å². The molecule has 0 fully saturated rings. The summed E-state index contributed by atoms with van der Waals surface area (Å²) in [5.41, 5.74) is 1.11. The first-order chi connectivity index (χ1) is 14.2. The molecule has 0 aliphatic carbocycles. The number of aromatic carboxylic acids is 1. The Hall–Kier alpha value is -3.48. The lowest BCUT2D eigenvalue weighted by Gasteiger charge is -1.89. The second-order valence-electron chi connectivity index (χ2n) is 5.65. The predicted octanol–water partition coefficient (Wildman–Crippen LogP) is 3.56. The Bertz CT molecular complexity index is 669. The first kappa shape index (κ1) is 28.7. The molecule has 0 aliphatic heterocycles. The van der Waals surface area contributed by atoms with E-state index in [1.54, 1.807) is 51.4 Å². The zero-order chi connectivity index (χ0) is 23.4. The molecule has 2 amide bonds. The number of nitrogens with one attached hydrogen (secondary N) is 2. The Morgan fingerprint density at radius 1 is 0.700 bits per heavy atom. The number of carboxylic acid groups (broad SMARTS) is 1. The van der Waals surface area contributed by atoms with Crippen molar-refractivity contribution in [1.82, 2.24) is 10.6 Å². The second kappa shape index (κ2) is 18.9. The summed E-state index contributed by atoms with van der Waals surface area (Å²) in [6.07, 6.45) is 1.16. The molecule has 0 radical (unpaired) electrons. The minimum atomic E-state index is -0.879. The Labute approximate surface area is 178 Å². The maximum Gasteiger partial charge on any atom is 0.335 e. The molecule has 0 aromatic heterocycles. The van der Waals surface area contributed by atoms with Crippen LogP contribution in [0.3, 0.4) is 0 Å². The van der Waals surface area contributed by atoms with Crippen LogP contribution in [0.1, 0.15) is 54.3 Å². The monoisotopic (exact) mass is 416 g/mol. The highest BCUT2D eigenvalue weighted by Crippen LogP contribution is 1.97. The average Bonchev–Trinajstić information content (AvgIpc) is 2.80. The van der Waals surface area contributed by atoms with Gasteiger partial charge >= 0.3 is 5.97 Å². The van der Waals surface area contributed by atoms with Gasteiger partial charge in [-0.05, 0) is 19.1 Å². The van der Waals surface area contributed by atoms with Crippen molar-refractivity contribution in [2.45, 2.75) is 33.6 Å². The van der Waals surface area contributed by atoms with E-state index in [4.69, 9.17) is 5.11 Å². The van der Waals surface area contributed by atoms with Crippen molar-refractivity contribution in [2.75, 3.05) is 14.1 Å². The number of benzene rings is 2. The molecule has 0 aliphatic rings. The summed E-state index contributed by atoms with van der Waals surface area (Å²) >= 11 is 0. The zero-order valence-corrected chi connectivity index (χ0v) is 18.3. The van der Waals surface area contributed by atoms with Gasteiger partial charge in [0.1, 0.15) is 0 Å². The molecular formula is C23H32N2O5. The molecule has 0 heterocycles. The van der Waals surface area contributed by atoms with Crippen LogP contribution in [0, 0.1) is 0 Å². The lowest BCUT2D eigenvalue weighted by molar-refractivity contribution is -0.121. The summed E-state index contributed by atoms with van der Waals surface area (Å²) in [6.45, 7) is 5.20. The van der Waals surface area contributed by atoms with Crippen LogP contribution in [-0.4, -0.2) is 42.8 Å². The summed E-state index contributed by atoms with van der Waals surface area (Å²) in [5.74, 6) is -0.573. The summed E-state index contributed by atoms with van der Waals surface area (Å²) in [6, 6.07) is 17.5. The fourth-order valence-corrected chi connectivity index (χ4v) is 1.61. The second-order valence-corrected chi connectivity index (χ2v) is 5.65. The van der Waals surface area contributed by atoms with Gasteiger partial charge in [-0.1, -0.05) is 62.4 Å². The van der Waals surface area contributed by atoms with Crippen LogP contribution in [0.4, 0.5) is 0 Å². The third kappa shape index (κ3) is 16.7. The number of carbonyl (C=O) groups is 4. The Kier molecular flexibility index (Phi) is 18.1. The van der Waals surface area contributed by atoms with E-state index in [0.717, 1.165) is 5.56 Å². The van der Waals surface area contributed by atoms with Crippen molar-refractivity contribution in [3.05, 3.63) is 71.8 Å². The molecule has 0 saturated carbocycles. The van der Waals surface area contributed by atoms with Crippen molar-refractivity contribution in [2.24, 2.45) is 0 Å². The van der Waals surface area contributed by atoms with Gasteiger partial charge in [0.15, 0.2) is 5.78 Å². The van der Waals surface area contributed by atoms with Crippen molar-refractivity contribution in [3.63, 3.8) is 0 Å². The number of amides is 2. The van der Waals surface area contributed by atoms with Crippen LogP contribution >= 0.6 is 0 Å². The first-order valence-electron chi connectivity index (χ1n) is 9.48. The molecule has 7 nitrogen and oxygen atoms in total. The fraction of sp³-hybridized carbons (Fsp3) is 0.304. The van der Waals surface area contributed by atoms with Crippen molar-refractivity contribution < 1.29 is 24.3 Å². The lowest BCUT2D eigenvalue weighted by Crippen LogP contribution is -2.15. The van der Waals surface area contributed by atoms with Gasteiger partial charge in [-0.2, -0.15) is 0 Å². The molecule has 2 rings (SSSR count). The topological polar surface area (TPSA) is 113 Å². The van der Waals surface area contributed by atoms with Gasteiger partial charge in [0.05, 0.1) is 5.56 Å². The van der Waals surface area contributed by atoms with E-state index in [0.29, 0.717) is 18.4 Å². The molecule has 0 bridgehead atoms. The highest BCUT2D eigenvalue weighted by molar-refractivity contribution is 5.93. The van der Waals surface area contributed by atoms with Gasteiger partial charge in [-0.3, -0.25) is 14.4 Å². The molecule has 164 valence electrons. The SMILES string of the molecule is CC(=O)c1ccccc1.CCC(=O)NC.CCC(=O)NC.O=C(O)c1ccccc1. The number of carboxylic acids is 1. The molecule has 30 heavy (non-hydrogen) atoms. The first-order valence-corrected chi connectivity index (χ1v) is 9.48. The van der Waals surface area contributed by atoms with Gasteiger partial charge in [0.25, 0.3) is 0 Å². The molecule has 7 heteroatoms. The van der Waals surface area contributed by atoms with Crippen LogP contribution < -0.4 is 10.6 Å². The van der Waals surface area contributed by atoms with E-state index >= 15 is 0 Å². The van der Waals surface area contributed by atoms with Crippen LogP contribution in [0.15, 0.2) is 60.7 Å². The van der Waals surface area contributed by atoms with Crippen LogP contribution in [0.5, 0.6) is 0 Å². The number of hydrogen-bond acceptors (Lipinski definition) is 4. The van der Waals surface area contributed by atoms with Gasteiger partial charge < -0.3 is 15.7 Å². The van der Waals surface area contributed by atoms with Crippen molar-refractivity contribution in [1.29, 1.82) is 0 Å². The maximum absolute atomic E-state index is 10.6. The minimum absolute atomic E-state index is 0.0926. The Morgan fingerprint density at radius 3 is 1.17 bits per heavy atom. The summed E-state index contributed by atoms with van der Waals surface area (Å²) in [5, 5.41) is 13.3. The molecule has 3 N–H and O–H groups in total. The van der Waals surface area contributed by atoms with E-state index in [9.17, 15) is 19.2 Å². The Balaban J connectivity index is 0. The van der Waals surface area contributed by atoms with E-state index < -0.39 is 5.97 Å². The standard InChI is InChI=1S/C8H8O.C7H6O2.2C4H9NO/c1-7(9)8-5-3-2-4-6-8;8-7(9)6-4-2-1-3-5-6;2*1-3-4(6)5-2/h2-6H,1H3;1-5H,(H,8,9);2*3H2,1-2H3,(H,5,6). The molecule has 0 spiro atoms. The zero-order valence-electron chi connectivity index (χ0n) is 18.3. The normalized spacial score (nSPS) is 8.43. The number of ketones is 1. The molecule has 0 atom stereocenters. The van der Waals surface area contributed by atoms with Crippen LogP contribution in [0.2, 0.25) is 0 Å². The molecule has 0 unspecified atom stereocenters.